The summed E-state index contributed by atoms with van der Waals surface area (Å²) < 4.78 is 59.5. The summed E-state index contributed by atoms with van der Waals surface area (Å²) in [7, 11) is -5.29. The molecule has 0 unspecified atom stereocenters. The number of benzene rings is 1. The third kappa shape index (κ3) is 3.73. The maximum atomic E-state index is 12.4. The van der Waals surface area contributed by atoms with Crippen molar-refractivity contribution in [3.05, 3.63) is 40.8 Å². The maximum Gasteiger partial charge on any atom is 0.501 e. The van der Waals surface area contributed by atoms with Crippen LogP contribution in [0.1, 0.15) is 5.01 Å². The second-order valence-electron chi connectivity index (χ2n) is 4.08. The van der Waals surface area contributed by atoms with Crippen molar-refractivity contribution in [2.45, 2.75) is 16.8 Å². The van der Waals surface area contributed by atoms with Crippen LogP contribution in [0.2, 0.25) is 0 Å². The number of aromatic nitrogens is 1. The Balaban J connectivity index is 1.99. The first-order chi connectivity index (χ1) is 9.80. The van der Waals surface area contributed by atoms with Crippen LogP contribution < -0.4 is 5.32 Å². The minimum absolute atomic E-state index is 0.549. The van der Waals surface area contributed by atoms with Gasteiger partial charge in [0.25, 0.3) is 9.84 Å². The van der Waals surface area contributed by atoms with Crippen LogP contribution in [0.5, 0.6) is 0 Å². The van der Waals surface area contributed by atoms with Crippen LogP contribution in [-0.4, -0.2) is 25.5 Å². The summed E-state index contributed by atoms with van der Waals surface area (Å²) in [5.74, 6) is 0. The van der Waals surface area contributed by atoms with Gasteiger partial charge in [-0.1, -0.05) is 0 Å². The molecule has 0 aliphatic heterocycles. The van der Waals surface area contributed by atoms with Crippen molar-refractivity contribution in [2.24, 2.45) is 0 Å². The molecule has 0 atom stereocenters. The summed E-state index contributed by atoms with van der Waals surface area (Å²) in [5, 5.41) is 5.79. The Labute approximate surface area is 123 Å². The molecular formula is C12H11F3N2O2S2. The molecule has 1 N–H and O–H groups in total. The second kappa shape index (κ2) is 6.02. The second-order valence-corrected chi connectivity index (χ2v) is 7.00. The molecule has 2 rings (SSSR count). The van der Waals surface area contributed by atoms with E-state index in [4.69, 9.17) is 0 Å². The molecule has 0 saturated carbocycles. The summed E-state index contributed by atoms with van der Waals surface area (Å²) in [6.45, 7) is 0.554. The number of rotatable bonds is 5. The Morgan fingerprint density at radius 3 is 2.38 bits per heavy atom. The summed E-state index contributed by atoms with van der Waals surface area (Å²) in [6, 6.07) is 4.49. The average molecular weight is 336 g/mol. The highest BCUT2D eigenvalue weighted by molar-refractivity contribution is 7.92. The van der Waals surface area contributed by atoms with Crippen LogP contribution in [0.25, 0.3) is 0 Å². The van der Waals surface area contributed by atoms with E-state index in [2.05, 4.69) is 10.3 Å². The molecule has 1 aromatic heterocycles. The van der Waals surface area contributed by atoms with Gasteiger partial charge in [0.2, 0.25) is 0 Å². The maximum absolute atomic E-state index is 12.4. The fourth-order valence-electron chi connectivity index (χ4n) is 1.58. The fourth-order valence-corrected chi connectivity index (χ4v) is 2.96. The van der Waals surface area contributed by atoms with E-state index in [0.29, 0.717) is 18.7 Å². The van der Waals surface area contributed by atoms with E-state index in [1.165, 1.54) is 23.5 Å². The normalized spacial score (nSPS) is 12.3. The van der Waals surface area contributed by atoms with E-state index in [9.17, 15) is 21.6 Å². The van der Waals surface area contributed by atoms with Crippen molar-refractivity contribution in [3.63, 3.8) is 0 Å². The Morgan fingerprint density at radius 2 is 1.86 bits per heavy atom. The average Bonchev–Trinajstić information content (AvgIpc) is 2.91. The molecule has 4 nitrogen and oxygen atoms in total. The zero-order valence-corrected chi connectivity index (χ0v) is 12.2. The van der Waals surface area contributed by atoms with Crippen LogP contribution in [-0.2, 0) is 16.3 Å². The number of nitrogens with zero attached hydrogens (tertiary/aromatic N) is 1. The number of anilines is 1. The molecule has 0 fully saturated rings. The van der Waals surface area contributed by atoms with Crippen molar-refractivity contribution in [2.75, 3.05) is 11.9 Å². The first kappa shape index (κ1) is 15.8. The lowest BCUT2D eigenvalue weighted by Gasteiger charge is -2.09. The molecule has 0 saturated heterocycles. The highest BCUT2D eigenvalue weighted by atomic mass is 32.2. The van der Waals surface area contributed by atoms with Crippen molar-refractivity contribution >= 4 is 26.9 Å². The predicted molar refractivity (Wildman–Crippen MR) is 74.0 cm³/mol. The van der Waals surface area contributed by atoms with Gasteiger partial charge in [-0.05, 0) is 24.3 Å². The molecular weight excluding hydrogens is 325 g/mol. The van der Waals surface area contributed by atoms with Gasteiger partial charge in [0, 0.05) is 30.2 Å². The molecule has 0 amide bonds. The molecule has 0 spiro atoms. The van der Waals surface area contributed by atoms with E-state index < -0.39 is 20.2 Å². The minimum Gasteiger partial charge on any atom is -0.385 e. The monoisotopic (exact) mass is 336 g/mol. The Morgan fingerprint density at radius 1 is 1.19 bits per heavy atom. The number of thiazole rings is 1. The Hall–Kier alpha value is -1.61. The number of hydrogen-bond acceptors (Lipinski definition) is 5. The van der Waals surface area contributed by atoms with Gasteiger partial charge in [-0.25, -0.2) is 13.4 Å². The van der Waals surface area contributed by atoms with Gasteiger partial charge in [-0.3, -0.25) is 0 Å². The summed E-state index contributed by atoms with van der Waals surface area (Å²) in [6.07, 6.45) is 2.37. The number of alkyl halides is 3. The van der Waals surface area contributed by atoms with Gasteiger partial charge in [-0.15, -0.1) is 11.3 Å². The van der Waals surface area contributed by atoms with Gasteiger partial charge in [0.15, 0.2) is 0 Å². The van der Waals surface area contributed by atoms with Crippen molar-refractivity contribution in [1.82, 2.24) is 4.98 Å². The van der Waals surface area contributed by atoms with Crippen LogP contribution in [0.15, 0.2) is 40.7 Å². The highest BCUT2D eigenvalue weighted by Gasteiger charge is 2.46. The quantitative estimate of drug-likeness (QED) is 0.911. The molecule has 1 heterocycles. The van der Waals surface area contributed by atoms with Crippen LogP contribution in [0.3, 0.4) is 0 Å². The van der Waals surface area contributed by atoms with Crippen LogP contribution in [0, 0.1) is 0 Å². The smallest absolute Gasteiger partial charge is 0.385 e. The summed E-state index contributed by atoms with van der Waals surface area (Å²) in [5.41, 5.74) is -4.74. The third-order valence-electron chi connectivity index (χ3n) is 2.62. The van der Waals surface area contributed by atoms with E-state index >= 15 is 0 Å². The zero-order valence-electron chi connectivity index (χ0n) is 10.6. The Bertz CT molecular complexity index is 680. The van der Waals surface area contributed by atoms with E-state index in [0.717, 1.165) is 17.1 Å². The summed E-state index contributed by atoms with van der Waals surface area (Å²) in [4.78, 5) is 3.33. The molecule has 21 heavy (non-hydrogen) atoms. The Kier molecular flexibility index (Phi) is 4.52. The molecule has 114 valence electrons. The first-order valence-corrected chi connectivity index (χ1v) is 8.20. The SMILES string of the molecule is O=S(=O)(c1ccc(NCCc2nccs2)cc1)C(F)(F)F. The number of hydrogen-bond donors (Lipinski definition) is 1. The van der Waals surface area contributed by atoms with E-state index in [1.807, 2.05) is 5.38 Å². The standard InChI is InChI=1S/C12H11F3N2O2S2/c13-12(14,15)21(18,19)10-3-1-9(2-4-10)16-6-5-11-17-7-8-20-11/h1-4,7-8,16H,5-6H2. The minimum atomic E-state index is -5.29. The lowest BCUT2D eigenvalue weighted by Crippen LogP contribution is -2.23. The topological polar surface area (TPSA) is 59.1 Å². The van der Waals surface area contributed by atoms with Crippen LogP contribution >= 0.6 is 11.3 Å². The molecule has 0 aliphatic carbocycles. The van der Waals surface area contributed by atoms with Gasteiger partial charge >= 0.3 is 5.51 Å². The van der Waals surface area contributed by atoms with Gasteiger partial charge in [-0.2, -0.15) is 13.2 Å². The lowest BCUT2D eigenvalue weighted by molar-refractivity contribution is -0.0436. The van der Waals surface area contributed by atoms with Gasteiger partial charge in [0.05, 0.1) is 9.90 Å². The van der Waals surface area contributed by atoms with E-state index in [1.54, 1.807) is 6.20 Å². The fraction of sp³-hybridized carbons (Fsp3) is 0.250. The van der Waals surface area contributed by atoms with Gasteiger partial charge in [0.1, 0.15) is 0 Å². The number of sulfone groups is 1. The molecule has 0 radical (unpaired) electrons. The zero-order chi connectivity index (χ0) is 15.5. The van der Waals surface area contributed by atoms with E-state index in [-0.39, 0.29) is 0 Å². The largest absolute Gasteiger partial charge is 0.501 e. The first-order valence-electron chi connectivity index (χ1n) is 5.84. The van der Waals surface area contributed by atoms with Crippen LogP contribution in [0.4, 0.5) is 18.9 Å². The summed E-state index contributed by atoms with van der Waals surface area (Å²) >= 11 is 1.51. The lowest BCUT2D eigenvalue weighted by atomic mass is 10.3. The van der Waals surface area contributed by atoms with Crippen molar-refractivity contribution < 1.29 is 21.6 Å². The molecule has 0 bridgehead atoms. The third-order valence-corrected chi connectivity index (χ3v) is 4.96. The predicted octanol–water partition coefficient (Wildman–Crippen LogP) is 3.09. The molecule has 1 aromatic carbocycles. The molecule has 2 aromatic rings. The number of nitrogens with one attached hydrogen (secondary N) is 1. The van der Waals surface area contributed by atoms with Crippen molar-refractivity contribution in [3.8, 4) is 0 Å². The molecule has 0 aliphatic rings. The van der Waals surface area contributed by atoms with Crippen molar-refractivity contribution in [1.29, 1.82) is 0 Å². The number of halogens is 3. The molecule has 9 heteroatoms. The van der Waals surface area contributed by atoms with Gasteiger partial charge < -0.3 is 5.32 Å². The highest BCUT2D eigenvalue weighted by Crippen LogP contribution is 2.30.